The molecule has 0 atom stereocenters. The number of rotatable bonds is 7. The van der Waals surface area contributed by atoms with Gasteiger partial charge in [-0.3, -0.25) is 9.59 Å². The molecular formula is C19H20N4O3. The lowest BCUT2D eigenvalue weighted by atomic mass is 10.2. The number of hydrogen-bond acceptors (Lipinski definition) is 5. The van der Waals surface area contributed by atoms with Gasteiger partial charge in [0.2, 0.25) is 5.91 Å². The zero-order chi connectivity index (χ0) is 18.4. The topological polar surface area (TPSA) is 97.1 Å². The number of unbranched alkanes of at least 4 members (excludes halogenated alkanes) is 2. The Balaban J connectivity index is 1.43. The zero-order valence-electron chi connectivity index (χ0n) is 14.3. The van der Waals surface area contributed by atoms with Crippen LogP contribution < -0.4 is 10.9 Å². The summed E-state index contributed by atoms with van der Waals surface area (Å²) in [6, 6.07) is 13.5. The number of carbonyl (C=O) groups excluding carboxylic acids is 1. The van der Waals surface area contributed by atoms with Crippen LogP contribution in [0, 0.1) is 0 Å². The predicted octanol–water partition coefficient (Wildman–Crippen LogP) is 2.70. The molecule has 0 saturated heterocycles. The molecule has 2 aromatic carbocycles. The van der Waals surface area contributed by atoms with Gasteiger partial charge in [0.1, 0.15) is 11.3 Å². The minimum Gasteiger partial charge on any atom is -0.508 e. The zero-order valence-corrected chi connectivity index (χ0v) is 14.3. The van der Waals surface area contributed by atoms with Crippen LogP contribution in [0.1, 0.15) is 25.7 Å². The van der Waals surface area contributed by atoms with Crippen LogP contribution in [0.4, 0.5) is 5.69 Å². The van der Waals surface area contributed by atoms with Crippen molar-refractivity contribution in [2.45, 2.75) is 32.2 Å². The highest BCUT2D eigenvalue weighted by molar-refractivity contribution is 5.90. The fraction of sp³-hybridized carbons (Fsp3) is 0.263. The minimum absolute atomic E-state index is 0.0710. The van der Waals surface area contributed by atoms with Crippen molar-refractivity contribution in [2.24, 2.45) is 0 Å². The molecule has 0 aliphatic heterocycles. The molecule has 1 heterocycles. The lowest BCUT2D eigenvalue weighted by Crippen LogP contribution is -2.24. The largest absolute Gasteiger partial charge is 0.508 e. The van der Waals surface area contributed by atoms with Crippen molar-refractivity contribution < 1.29 is 9.90 Å². The number of nitrogens with zero attached hydrogens (tertiary/aromatic N) is 3. The Labute approximate surface area is 150 Å². The van der Waals surface area contributed by atoms with Gasteiger partial charge in [-0.25, -0.2) is 4.68 Å². The van der Waals surface area contributed by atoms with E-state index in [0.717, 1.165) is 19.3 Å². The van der Waals surface area contributed by atoms with Crippen molar-refractivity contribution in [1.29, 1.82) is 0 Å². The third-order valence-corrected chi connectivity index (χ3v) is 4.05. The Kier molecular flexibility index (Phi) is 5.58. The van der Waals surface area contributed by atoms with Crippen molar-refractivity contribution in [1.82, 2.24) is 15.0 Å². The first-order chi connectivity index (χ1) is 12.6. The van der Waals surface area contributed by atoms with Crippen LogP contribution in [0.25, 0.3) is 10.9 Å². The number of fused-ring (bicyclic) bond motifs is 1. The third kappa shape index (κ3) is 4.44. The molecule has 0 bridgehead atoms. The lowest BCUT2D eigenvalue weighted by Gasteiger charge is -2.06. The van der Waals surface area contributed by atoms with Crippen LogP contribution in [-0.2, 0) is 11.3 Å². The summed E-state index contributed by atoms with van der Waals surface area (Å²) in [5.74, 6) is 0.0911. The maximum Gasteiger partial charge on any atom is 0.277 e. The number of phenols is 1. The van der Waals surface area contributed by atoms with Crippen LogP contribution in [0.3, 0.4) is 0 Å². The molecular weight excluding hydrogens is 332 g/mol. The summed E-state index contributed by atoms with van der Waals surface area (Å²) in [4.78, 5) is 24.2. The molecule has 0 fully saturated rings. The van der Waals surface area contributed by atoms with Crippen LogP contribution in [0.2, 0.25) is 0 Å². The van der Waals surface area contributed by atoms with Gasteiger partial charge in [-0.15, -0.1) is 5.10 Å². The van der Waals surface area contributed by atoms with Gasteiger partial charge >= 0.3 is 0 Å². The maximum atomic E-state index is 12.3. The lowest BCUT2D eigenvalue weighted by molar-refractivity contribution is -0.116. The van der Waals surface area contributed by atoms with Crippen molar-refractivity contribution in [3.8, 4) is 5.75 Å². The highest BCUT2D eigenvalue weighted by atomic mass is 16.3. The maximum absolute atomic E-state index is 12.3. The van der Waals surface area contributed by atoms with Crippen molar-refractivity contribution in [3.63, 3.8) is 0 Å². The van der Waals surface area contributed by atoms with Crippen molar-refractivity contribution in [3.05, 3.63) is 58.9 Å². The van der Waals surface area contributed by atoms with E-state index in [9.17, 15) is 14.7 Å². The summed E-state index contributed by atoms with van der Waals surface area (Å²) < 4.78 is 1.37. The Morgan fingerprint density at radius 3 is 2.62 bits per heavy atom. The van der Waals surface area contributed by atoms with E-state index in [1.54, 1.807) is 24.3 Å². The monoisotopic (exact) mass is 352 g/mol. The van der Waals surface area contributed by atoms with E-state index < -0.39 is 0 Å². The second kappa shape index (κ2) is 8.24. The Bertz CT molecular complexity index is 951. The van der Waals surface area contributed by atoms with Crippen LogP contribution in [0.5, 0.6) is 5.75 Å². The summed E-state index contributed by atoms with van der Waals surface area (Å²) in [5.41, 5.74) is 1.12. The molecule has 0 spiro atoms. The number of phenolic OH excluding ortho intramolecular Hbond substituents is 1. The summed E-state index contributed by atoms with van der Waals surface area (Å²) >= 11 is 0. The molecule has 7 heteroatoms. The number of benzene rings is 2. The standard InChI is InChI=1S/C19H20N4O3/c24-15-11-9-14(10-12-15)20-18(25)8-2-1-5-13-23-19(26)16-6-3-4-7-17(16)21-22-23/h3-4,6-7,9-12,24H,1-2,5,8,13H2,(H,20,25). The molecule has 0 aliphatic rings. The highest BCUT2D eigenvalue weighted by Crippen LogP contribution is 2.14. The molecule has 0 saturated carbocycles. The number of hydrogen-bond donors (Lipinski definition) is 2. The van der Waals surface area contributed by atoms with E-state index in [2.05, 4.69) is 15.6 Å². The summed E-state index contributed by atoms with van der Waals surface area (Å²) in [6.07, 6.45) is 2.68. The van der Waals surface area contributed by atoms with Crippen LogP contribution >= 0.6 is 0 Å². The number of amides is 1. The van der Waals surface area contributed by atoms with Crippen LogP contribution in [0.15, 0.2) is 53.3 Å². The summed E-state index contributed by atoms with van der Waals surface area (Å²) in [7, 11) is 0. The van der Waals surface area contributed by atoms with Gasteiger partial charge in [0, 0.05) is 18.7 Å². The molecule has 7 nitrogen and oxygen atoms in total. The van der Waals surface area contributed by atoms with E-state index in [4.69, 9.17) is 0 Å². The van der Waals surface area contributed by atoms with Crippen molar-refractivity contribution >= 4 is 22.5 Å². The molecule has 3 aromatic rings. The third-order valence-electron chi connectivity index (χ3n) is 4.05. The Hall–Kier alpha value is -3.22. The Morgan fingerprint density at radius 2 is 1.81 bits per heavy atom. The molecule has 1 amide bonds. The first kappa shape index (κ1) is 17.6. The molecule has 134 valence electrons. The van der Waals surface area contributed by atoms with Gasteiger partial charge in [-0.2, -0.15) is 0 Å². The molecule has 3 rings (SSSR count). The fourth-order valence-electron chi connectivity index (χ4n) is 2.66. The first-order valence-corrected chi connectivity index (χ1v) is 8.55. The normalized spacial score (nSPS) is 10.8. The van der Waals surface area contributed by atoms with Gasteiger partial charge in [0.15, 0.2) is 0 Å². The van der Waals surface area contributed by atoms with E-state index in [1.807, 2.05) is 12.1 Å². The average Bonchev–Trinajstić information content (AvgIpc) is 2.65. The summed E-state index contributed by atoms with van der Waals surface area (Å²) in [5, 5.41) is 20.6. The second-order valence-corrected chi connectivity index (χ2v) is 6.04. The van der Waals surface area contributed by atoms with Gasteiger partial charge in [0.05, 0.1) is 5.39 Å². The molecule has 2 N–H and O–H groups in total. The van der Waals surface area contributed by atoms with E-state index >= 15 is 0 Å². The molecule has 26 heavy (non-hydrogen) atoms. The first-order valence-electron chi connectivity index (χ1n) is 8.55. The second-order valence-electron chi connectivity index (χ2n) is 6.04. The predicted molar refractivity (Wildman–Crippen MR) is 99.0 cm³/mol. The quantitative estimate of drug-likeness (QED) is 0.503. The number of aromatic nitrogens is 3. The van der Waals surface area contributed by atoms with Gasteiger partial charge in [-0.1, -0.05) is 23.8 Å². The fourth-order valence-corrected chi connectivity index (χ4v) is 2.66. The molecule has 0 radical (unpaired) electrons. The number of nitrogens with one attached hydrogen (secondary N) is 1. The van der Waals surface area contributed by atoms with E-state index in [0.29, 0.717) is 29.6 Å². The smallest absolute Gasteiger partial charge is 0.277 e. The number of carbonyl (C=O) groups is 1. The Morgan fingerprint density at radius 1 is 1.04 bits per heavy atom. The molecule has 0 aliphatic carbocycles. The minimum atomic E-state index is -0.138. The average molecular weight is 352 g/mol. The van der Waals surface area contributed by atoms with Crippen molar-refractivity contribution in [2.75, 3.05) is 5.32 Å². The molecule has 0 unspecified atom stereocenters. The van der Waals surface area contributed by atoms with Crippen LogP contribution in [-0.4, -0.2) is 26.0 Å². The van der Waals surface area contributed by atoms with Gasteiger partial charge < -0.3 is 10.4 Å². The SMILES string of the molecule is O=C(CCCCCn1nnc2ccccc2c1=O)Nc1ccc(O)cc1. The number of aromatic hydroxyl groups is 1. The van der Waals surface area contributed by atoms with Gasteiger partial charge in [0.25, 0.3) is 5.56 Å². The molecule has 1 aromatic heterocycles. The highest BCUT2D eigenvalue weighted by Gasteiger charge is 2.06. The number of anilines is 1. The van der Waals surface area contributed by atoms with E-state index in [1.165, 1.54) is 16.8 Å². The number of aryl methyl sites for hydroxylation is 1. The van der Waals surface area contributed by atoms with E-state index in [-0.39, 0.29) is 17.2 Å². The summed E-state index contributed by atoms with van der Waals surface area (Å²) in [6.45, 7) is 0.482. The van der Waals surface area contributed by atoms with Gasteiger partial charge in [-0.05, 0) is 49.2 Å².